The first-order valence-corrected chi connectivity index (χ1v) is 10.8. The van der Waals surface area contributed by atoms with Gasteiger partial charge in [0.1, 0.15) is 0 Å². The van der Waals surface area contributed by atoms with E-state index >= 15 is 0 Å². The van der Waals surface area contributed by atoms with E-state index in [9.17, 15) is 13.2 Å². The van der Waals surface area contributed by atoms with Crippen LogP contribution in [0.1, 0.15) is 33.8 Å². The van der Waals surface area contributed by atoms with Gasteiger partial charge in [0, 0.05) is 36.0 Å². The fraction of sp³-hybridized carbons (Fsp3) is 0.412. The molecular weight excluding hydrogens is 372 g/mol. The van der Waals surface area contributed by atoms with Crippen molar-refractivity contribution in [2.45, 2.75) is 36.7 Å². The Balaban J connectivity index is 1.51. The molecule has 0 saturated heterocycles. The van der Waals surface area contributed by atoms with E-state index in [-0.39, 0.29) is 16.8 Å². The molecule has 1 aromatic carbocycles. The molecule has 9 heteroatoms. The van der Waals surface area contributed by atoms with Crippen molar-refractivity contribution in [2.75, 3.05) is 18.9 Å². The van der Waals surface area contributed by atoms with Gasteiger partial charge in [-0.15, -0.1) is 11.3 Å². The molecular formula is C17H20N4O3S2. The van der Waals surface area contributed by atoms with Crippen molar-refractivity contribution >= 4 is 32.4 Å². The highest BCUT2D eigenvalue weighted by molar-refractivity contribution is 7.89. The van der Waals surface area contributed by atoms with Gasteiger partial charge in [0.05, 0.1) is 10.6 Å². The highest BCUT2D eigenvalue weighted by Gasteiger charge is 2.28. The minimum absolute atomic E-state index is 0.0252. The number of likely N-dealkylation sites (N-methyl/N-ethyl adjacent to an activating group) is 1. The van der Waals surface area contributed by atoms with Gasteiger partial charge in [-0.2, -0.15) is 0 Å². The molecule has 2 aliphatic rings. The number of thiazole rings is 1. The largest absolute Gasteiger partial charge is 0.301 e. The van der Waals surface area contributed by atoms with Crippen LogP contribution in [0.15, 0.2) is 29.2 Å². The SMILES string of the molecule is CN1CCc2nc(NC(=O)c3cccc(S(=O)(=O)NC4CC4)c3)sc2C1. The number of aromatic nitrogens is 1. The molecule has 1 aliphatic carbocycles. The smallest absolute Gasteiger partial charge is 0.257 e. The van der Waals surface area contributed by atoms with Crippen molar-refractivity contribution in [2.24, 2.45) is 0 Å². The molecule has 0 radical (unpaired) electrons. The zero-order chi connectivity index (χ0) is 18.3. The molecule has 26 heavy (non-hydrogen) atoms. The number of amides is 1. The Bertz CT molecular complexity index is 951. The molecule has 0 atom stereocenters. The van der Waals surface area contributed by atoms with Crippen LogP contribution < -0.4 is 10.0 Å². The third kappa shape index (κ3) is 3.80. The number of carbonyl (C=O) groups excluding carboxylic acids is 1. The average molecular weight is 393 g/mol. The van der Waals surface area contributed by atoms with Crippen molar-refractivity contribution in [3.63, 3.8) is 0 Å². The minimum atomic E-state index is -3.58. The summed E-state index contributed by atoms with van der Waals surface area (Å²) in [6.45, 7) is 1.79. The quantitative estimate of drug-likeness (QED) is 0.810. The third-order valence-electron chi connectivity index (χ3n) is 4.45. The van der Waals surface area contributed by atoms with Crippen LogP contribution in [0.25, 0.3) is 0 Å². The van der Waals surface area contributed by atoms with Gasteiger partial charge in [0.25, 0.3) is 5.91 Å². The number of hydrogen-bond donors (Lipinski definition) is 2. The van der Waals surface area contributed by atoms with E-state index in [2.05, 4.69) is 27.0 Å². The van der Waals surface area contributed by atoms with Crippen LogP contribution in [0.2, 0.25) is 0 Å². The monoisotopic (exact) mass is 392 g/mol. The van der Waals surface area contributed by atoms with Crippen LogP contribution in [0.4, 0.5) is 5.13 Å². The summed E-state index contributed by atoms with van der Waals surface area (Å²) in [4.78, 5) is 20.5. The lowest BCUT2D eigenvalue weighted by atomic mass is 10.2. The molecule has 1 aromatic heterocycles. The highest BCUT2D eigenvalue weighted by atomic mass is 32.2. The molecule has 1 amide bonds. The number of rotatable bonds is 5. The molecule has 2 aromatic rings. The van der Waals surface area contributed by atoms with Gasteiger partial charge in [0.15, 0.2) is 5.13 Å². The minimum Gasteiger partial charge on any atom is -0.301 e. The van der Waals surface area contributed by atoms with Crippen LogP contribution in [0, 0.1) is 0 Å². The molecule has 2 heterocycles. The number of sulfonamides is 1. The van der Waals surface area contributed by atoms with Crippen LogP contribution in [0.3, 0.4) is 0 Å². The molecule has 1 aliphatic heterocycles. The summed E-state index contributed by atoms with van der Waals surface area (Å²) in [5.41, 5.74) is 1.34. The van der Waals surface area contributed by atoms with Crippen LogP contribution in [-0.4, -0.2) is 43.8 Å². The normalized spacial score (nSPS) is 17.7. The molecule has 138 valence electrons. The summed E-state index contributed by atoms with van der Waals surface area (Å²) in [5, 5.41) is 3.35. The number of benzene rings is 1. The molecule has 2 N–H and O–H groups in total. The standard InChI is InChI=1S/C17H20N4O3S2/c1-21-8-7-14-15(10-21)25-17(18-14)19-16(22)11-3-2-4-13(9-11)26(23,24)20-12-5-6-12/h2-4,9,12,20H,5-8,10H2,1H3,(H,18,19,22). The van der Waals surface area contributed by atoms with Crippen molar-refractivity contribution < 1.29 is 13.2 Å². The number of nitrogens with zero attached hydrogens (tertiary/aromatic N) is 2. The molecule has 1 fully saturated rings. The number of hydrogen-bond acceptors (Lipinski definition) is 6. The van der Waals surface area contributed by atoms with E-state index < -0.39 is 10.0 Å². The van der Waals surface area contributed by atoms with Gasteiger partial charge < -0.3 is 4.90 Å². The first-order valence-electron chi connectivity index (χ1n) is 8.51. The first-order chi connectivity index (χ1) is 12.4. The van der Waals surface area contributed by atoms with E-state index in [4.69, 9.17) is 0 Å². The van der Waals surface area contributed by atoms with Crippen molar-refractivity contribution in [3.8, 4) is 0 Å². The van der Waals surface area contributed by atoms with E-state index in [1.807, 2.05) is 0 Å². The summed E-state index contributed by atoms with van der Waals surface area (Å²) in [5.74, 6) is -0.354. The van der Waals surface area contributed by atoms with Gasteiger partial charge in [-0.25, -0.2) is 18.1 Å². The van der Waals surface area contributed by atoms with Gasteiger partial charge in [0.2, 0.25) is 10.0 Å². The topological polar surface area (TPSA) is 91.4 Å². The lowest BCUT2D eigenvalue weighted by molar-refractivity contribution is 0.102. The lowest BCUT2D eigenvalue weighted by Gasteiger charge is -2.20. The van der Waals surface area contributed by atoms with Gasteiger partial charge in [-0.3, -0.25) is 10.1 Å². The molecule has 1 saturated carbocycles. The van der Waals surface area contributed by atoms with Gasteiger partial charge in [-0.1, -0.05) is 6.07 Å². The second-order valence-corrected chi connectivity index (χ2v) is 9.55. The Kier molecular flexibility index (Phi) is 4.55. The Morgan fingerprint density at radius 1 is 1.35 bits per heavy atom. The second-order valence-electron chi connectivity index (χ2n) is 6.75. The van der Waals surface area contributed by atoms with E-state index in [0.717, 1.165) is 38.0 Å². The Morgan fingerprint density at radius 3 is 2.92 bits per heavy atom. The summed E-state index contributed by atoms with van der Waals surface area (Å²) in [6, 6.07) is 6.11. The van der Waals surface area contributed by atoms with Crippen LogP contribution in [0.5, 0.6) is 0 Å². The van der Waals surface area contributed by atoms with Crippen molar-refractivity contribution in [1.82, 2.24) is 14.6 Å². The average Bonchev–Trinajstić information content (AvgIpc) is 3.31. The summed E-state index contributed by atoms with van der Waals surface area (Å²) < 4.78 is 27.3. The van der Waals surface area contributed by atoms with E-state index in [0.29, 0.717) is 10.7 Å². The van der Waals surface area contributed by atoms with Crippen molar-refractivity contribution in [1.29, 1.82) is 0 Å². The molecule has 0 unspecified atom stereocenters. The zero-order valence-corrected chi connectivity index (χ0v) is 16.0. The maximum absolute atomic E-state index is 12.5. The van der Waals surface area contributed by atoms with Crippen molar-refractivity contribution in [3.05, 3.63) is 40.4 Å². The van der Waals surface area contributed by atoms with Gasteiger partial charge in [-0.05, 0) is 38.1 Å². The van der Waals surface area contributed by atoms with Crippen LogP contribution in [-0.2, 0) is 23.0 Å². The summed E-state index contributed by atoms with van der Waals surface area (Å²) in [7, 11) is -1.52. The number of nitrogens with one attached hydrogen (secondary N) is 2. The van der Waals surface area contributed by atoms with E-state index in [1.165, 1.54) is 28.3 Å². The van der Waals surface area contributed by atoms with E-state index in [1.54, 1.807) is 12.1 Å². The summed E-state index contributed by atoms with van der Waals surface area (Å²) >= 11 is 1.47. The predicted octanol–water partition coefficient (Wildman–Crippen LogP) is 1.82. The first kappa shape index (κ1) is 17.6. The molecule has 0 bridgehead atoms. The second kappa shape index (κ2) is 6.73. The maximum atomic E-state index is 12.5. The summed E-state index contributed by atoms with van der Waals surface area (Å²) in [6.07, 6.45) is 2.60. The van der Waals surface area contributed by atoms with Crippen LogP contribution >= 0.6 is 11.3 Å². The lowest BCUT2D eigenvalue weighted by Crippen LogP contribution is -2.26. The Hall–Kier alpha value is -1.81. The Morgan fingerprint density at radius 2 is 2.15 bits per heavy atom. The Labute approximate surface area is 156 Å². The highest BCUT2D eigenvalue weighted by Crippen LogP contribution is 2.28. The fourth-order valence-electron chi connectivity index (χ4n) is 2.84. The molecule has 4 rings (SSSR count). The fourth-order valence-corrected chi connectivity index (χ4v) is 5.27. The molecule has 7 nitrogen and oxygen atoms in total. The number of anilines is 1. The number of fused-ring (bicyclic) bond motifs is 1. The zero-order valence-electron chi connectivity index (χ0n) is 14.4. The van der Waals surface area contributed by atoms with Gasteiger partial charge >= 0.3 is 0 Å². The number of carbonyl (C=O) groups is 1. The predicted molar refractivity (Wildman–Crippen MR) is 99.9 cm³/mol. The third-order valence-corrected chi connectivity index (χ3v) is 6.96. The maximum Gasteiger partial charge on any atom is 0.257 e. The molecule has 0 spiro atoms.